The Kier molecular flexibility index (Phi) is 5.68. The Hall–Kier alpha value is -4.84. The van der Waals surface area contributed by atoms with Crippen LogP contribution >= 0.6 is 22.7 Å². The third kappa shape index (κ3) is 3.86. The van der Waals surface area contributed by atoms with Gasteiger partial charge in [0.05, 0.1) is 11.4 Å². The summed E-state index contributed by atoms with van der Waals surface area (Å²) >= 11 is 3.88. The topological polar surface area (TPSA) is 6.48 Å². The number of nitrogens with zero attached hydrogens (tertiary/aromatic N) is 2. The molecule has 4 heterocycles. The van der Waals surface area contributed by atoms with E-state index in [1.165, 1.54) is 70.0 Å². The van der Waals surface area contributed by atoms with Crippen molar-refractivity contribution < 1.29 is 0 Å². The van der Waals surface area contributed by atoms with E-state index < -0.39 is 0 Å². The first-order valence-corrected chi connectivity index (χ1v) is 16.2. The largest absolute Gasteiger partial charge is 0.311 e. The molecule has 0 amide bonds. The van der Waals surface area contributed by atoms with Crippen LogP contribution in [0.5, 0.6) is 0 Å². The zero-order valence-corrected chi connectivity index (χ0v) is 24.9. The summed E-state index contributed by atoms with van der Waals surface area (Å²) in [6.07, 6.45) is 0. The smallest absolute Gasteiger partial charge is 0.277 e. The number of fused-ring (bicyclic) bond motifs is 4. The Bertz CT molecular complexity index is 1940. The van der Waals surface area contributed by atoms with Crippen molar-refractivity contribution in [3.05, 3.63) is 152 Å². The van der Waals surface area contributed by atoms with Gasteiger partial charge in [0, 0.05) is 42.1 Å². The quantitative estimate of drug-likeness (QED) is 0.190. The fourth-order valence-corrected chi connectivity index (χ4v) is 9.24. The molecule has 7 aromatic rings. The van der Waals surface area contributed by atoms with Crippen molar-refractivity contribution in [2.45, 2.75) is 0 Å². The van der Waals surface area contributed by atoms with Crippen LogP contribution in [0.15, 0.2) is 152 Å². The van der Waals surface area contributed by atoms with Gasteiger partial charge in [-0.1, -0.05) is 103 Å². The Morgan fingerprint density at radius 1 is 0.395 bits per heavy atom. The first-order chi connectivity index (χ1) is 21.3. The molecule has 0 atom stereocenters. The Labute approximate surface area is 259 Å². The average molecular weight is 585 g/mol. The lowest BCUT2D eigenvalue weighted by molar-refractivity contribution is 1.27. The number of hydrogen-bond acceptors (Lipinski definition) is 4. The molecule has 5 aromatic carbocycles. The standard InChI is InChI=1S/C38H25BN2S2/c1-5-14-26(15-6-1)34-24-32-37(42-34)39-36-30(40(32)28-18-9-3-10-19-28)22-13-23-31(36)41(29-20-11-4-12-21-29)33-25-35(43-38(33)39)27-16-7-2-8-17-27/h1-25H. The molecule has 0 unspecified atom stereocenters. The van der Waals surface area contributed by atoms with Gasteiger partial charge < -0.3 is 9.80 Å². The van der Waals surface area contributed by atoms with E-state index >= 15 is 0 Å². The van der Waals surface area contributed by atoms with Gasteiger partial charge in [-0.25, -0.2) is 0 Å². The average Bonchev–Trinajstić information content (AvgIpc) is 3.72. The van der Waals surface area contributed by atoms with E-state index in [1.54, 1.807) is 0 Å². The molecule has 43 heavy (non-hydrogen) atoms. The summed E-state index contributed by atoms with van der Waals surface area (Å²) in [5, 5.41) is 0. The van der Waals surface area contributed by atoms with Gasteiger partial charge in [-0.2, -0.15) is 0 Å². The summed E-state index contributed by atoms with van der Waals surface area (Å²) in [5.74, 6) is 0. The second kappa shape index (κ2) is 9.87. The third-order valence-corrected chi connectivity index (χ3v) is 10.9. The summed E-state index contributed by atoms with van der Waals surface area (Å²) in [6, 6.07) is 55.0. The van der Waals surface area contributed by atoms with Crippen LogP contribution in [0.25, 0.3) is 20.9 Å². The molecular formula is C38H25BN2S2. The lowest BCUT2D eigenvalue weighted by atomic mass is 9.39. The Morgan fingerprint density at radius 3 is 1.21 bits per heavy atom. The highest BCUT2D eigenvalue weighted by atomic mass is 32.1. The maximum Gasteiger partial charge on any atom is 0.277 e. The predicted octanol–water partition coefficient (Wildman–Crippen LogP) is 9.23. The molecule has 0 radical (unpaired) electrons. The normalized spacial score (nSPS) is 13.0. The second-order valence-electron chi connectivity index (χ2n) is 10.9. The summed E-state index contributed by atoms with van der Waals surface area (Å²) < 4.78 is 2.80. The van der Waals surface area contributed by atoms with Gasteiger partial charge >= 0.3 is 0 Å². The first-order valence-electron chi connectivity index (χ1n) is 14.6. The molecular weight excluding hydrogens is 559 g/mol. The SMILES string of the molecule is c1ccc(-c2cc3c(s2)B2c4sc(-c5ccccc5)cc4N(c4ccccc4)c4cccc(c42)N3c2ccccc2)cc1. The van der Waals surface area contributed by atoms with E-state index in [9.17, 15) is 0 Å². The van der Waals surface area contributed by atoms with Crippen molar-refractivity contribution in [3.8, 4) is 20.9 Å². The van der Waals surface area contributed by atoms with Gasteiger partial charge in [0.25, 0.3) is 6.71 Å². The van der Waals surface area contributed by atoms with Crippen molar-refractivity contribution in [2.75, 3.05) is 9.80 Å². The molecule has 0 aliphatic carbocycles. The Balaban J connectivity index is 1.36. The van der Waals surface area contributed by atoms with Gasteiger partial charge in [0.15, 0.2) is 0 Å². The molecule has 2 aliphatic heterocycles. The lowest BCUT2D eigenvalue weighted by Crippen LogP contribution is -2.59. The summed E-state index contributed by atoms with van der Waals surface area (Å²) in [5.41, 5.74) is 11.3. The molecule has 0 spiro atoms. The van der Waals surface area contributed by atoms with Crippen LogP contribution in [0.3, 0.4) is 0 Å². The zero-order chi connectivity index (χ0) is 28.3. The van der Waals surface area contributed by atoms with Gasteiger partial charge in [-0.3, -0.25) is 0 Å². The molecule has 0 saturated carbocycles. The van der Waals surface area contributed by atoms with Crippen molar-refractivity contribution >= 4 is 78.5 Å². The van der Waals surface area contributed by atoms with Crippen LogP contribution in [0.1, 0.15) is 0 Å². The minimum absolute atomic E-state index is 0.154. The van der Waals surface area contributed by atoms with Crippen LogP contribution in [0.4, 0.5) is 34.1 Å². The number of anilines is 6. The summed E-state index contributed by atoms with van der Waals surface area (Å²) in [7, 11) is 0. The van der Waals surface area contributed by atoms with Crippen LogP contribution in [-0.2, 0) is 0 Å². The Morgan fingerprint density at radius 2 is 0.791 bits per heavy atom. The molecule has 5 heteroatoms. The van der Waals surface area contributed by atoms with E-state index in [-0.39, 0.29) is 6.71 Å². The van der Waals surface area contributed by atoms with E-state index in [1.807, 2.05) is 22.7 Å². The fourth-order valence-electron chi connectivity index (χ4n) is 6.62. The van der Waals surface area contributed by atoms with E-state index in [2.05, 4.69) is 161 Å². The summed E-state index contributed by atoms with van der Waals surface area (Å²) in [6.45, 7) is 0.154. The van der Waals surface area contributed by atoms with Crippen LogP contribution in [0.2, 0.25) is 0 Å². The molecule has 0 saturated heterocycles. The molecule has 2 aliphatic rings. The van der Waals surface area contributed by atoms with Crippen LogP contribution in [0, 0.1) is 0 Å². The van der Waals surface area contributed by atoms with Gasteiger partial charge in [-0.15, -0.1) is 22.7 Å². The number of para-hydroxylation sites is 2. The highest BCUT2D eigenvalue weighted by molar-refractivity contribution is 7.38. The monoisotopic (exact) mass is 584 g/mol. The molecule has 2 nitrogen and oxygen atoms in total. The molecule has 202 valence electrons. The first kappa shape index (κ1) is 24.7. The van der Waals surface area contributed by atoms with Crippen molar-refractivity contribution in [1.82, 2.24) is 0 Å². The van der Waals surface area contributed by atoms with Crippen molar-refractivity contribution in [2.24, 2.45) is 0 Å². The van der Waals surface area contributed by atoms with Crippen molar-refractivity contribution in [1.29, 1.82) is 0 Å². The highest BCUT2D eigenvalue weighted by Gasteiger charge is 2.45. The van der Waals surface area contributed by atoms with Crippen molar-refractivity contribution in [3.63, 3.8) is 0 Å². The van der Waals surface area contributed by atoms with E-state index in [0.717, 1.165) is 0 Å². The fraction of sp³-hybridized carbons (Fsp3) is 0. The maximum atomic E-state index is 2.48. The maximum absolute atomic E-state index is 2.48. The van der Waals surface area contributed by atoms with Crippen LogP contribution < -0.4 is 24.8 Å². The zero-order valence-electron chi connectivity index (χ0n) is 23.2. The molecule has 0 N–H and O–H groups in total. The second-order valence-corrected chi connectivity index (χ2v) is 13.1. The van der Waals surface area contributed by atoms with Gasteiger partial charge in [0.2, 0.25) is 0 Å². The number of thiophene rings is 2. The number of hydrogen-bond donors (Lipinski definition) is 0. The van der Waals surface area contributed by atoms with E-state index in [4.69, 9.17) is 0 Å². The molecule has 2 aromatic heterocycles. The predicted molar refractivity (Wildman–Crippen MR) is 187 cm³/mol. The lowest BCUT2D eigenvalue weighted by Gasteiger charge is -2.41. The van der Waals surface area contributed by atoms with Gasteiger partial charge in [0.1, 0.15) is 0 Å². The van der Waals surface area contributed by atoms with E-state index in [0.29, 0.717) is 0 Å². The number of rotatable bonds is 4. The van der Waals surface area contributed by atoms with Crippen LogP contribution in [-0.4, -0.2) is 6.71 Å². The highest BCUT2D eigenvalue weighted by Crippen LogP contribution is 2.48. The van der Waals surface area contributed by atoms with Gasteiger partial charge in [-0.05, 0) is 65.1 Å². The third-order valence-electron chi connectivity index (χ3n) is 8.46. The summed E-state index contributed by atoms with van der Waals surface area (Å²) in [4.78, 5) is 7.56. The minimum Gasteiger partial charge on any atom is -0.311 e. The minimum atomic E-state index is 0.154. The molecule has 9 rings (SSSR count). The molecule has 0 bridgehead atoms. The molecule has 0 fully saturated rings. The number of benzene rings is 5.